The Morgan fingerprint density at radius 3 is 2.73 bits per heavy atom. The zero-order valence-electron chi connectivity index (χ0n) is 9.37. The molecule has 0 aromatic rings. The molecule has 2 rings (SSSR count). The van der Waals surface area contributed by atoms with Crippen LogP contribution in [0.1, 0.15) is 39.0 Å². The Morgan fingerprint density at radius 1 is 1.47 bits per heavy atom. The maximum atomic E-state index is 12.0. The lowest BCUT2D eigenvalue weighted by molar-refractivity contribution is -0.142. The molecule has 1 unspecified atom stereocenters. The minimum atomic E-state index is 0.0998. The van der Waals surface area contributed by atoms with Crippen molar-refractivity contribution in [2.24, 2.45) is 11.8 Å². The van der Waals surface area contributed by atoms with Crippen LogP contribution in [0.4, 0.5) is 0 Å². The number of carbonyl (C=O) groups excluding carboxylic acids is 2. The maximum absolute atomic E-state index is 12.0. The van der Waals surface area contributed by atoms with Crippen molar-refractivity contribution in [3.05, 3.63) is 0 Å². The van der Waals surface area contributed by atoms with Crippen LogP contribution in [0.25, 0.3) is 0 Å². The predicted octanol–water partition coefficient (Wildman–Crippen LogP) is 1.61. The van der Waals surface area contributed by atoms with Crippen molar-refractivity contribution in [3.63, 3.8) is 0 Å². The molecule has 3 heteroatoms. The number of amides is 1. The van der Waals surface area contributed by atoms with Gasteiger partial charge in [0.2, 0.25) is 5.91 Å². The van der Waals surface area contributed by atoms with Gasteiger partial charge in [0.05, 0.1) is 0 Å². The van der Waals surface area contributed by atoms with E-state index in [-0.39, 0.29) is 11.8 Å². The van der Waals surface area contributed by atoms with Gasteiger partial charge in [-0.3, -0.25) is 9.59 Å². The van der Waals surface area contributed by atoms with Crippen LogP contribution in [0.5, 0.6) is 0 Å². The molecule has 1 saturated carbocycles. The molecule has 1 amide bonds. The minimum Gasteiger partial charge on any atom is -0.341 e. The predicted molar refractivity (Wildman–Crippen MR) is 57.3 cm³/mol. The Morgan fingerprint density at radius 2 is 2.20 bits per heavy atom. The first-order valence-electron chi connectivity index (χ1n) is 6.04. The van der Waals surface area contributed by atoms with E-state index in [9.17, 15) is 9.59 Å². The van der Waals surface area contributed by atoms with Crippen molar-refractivity contribution in [2.45, 2.75) is 39.0 Å². The largest absolute Gasteiger partial charge is 0.341 e. The monoisotopic (exact) mass is 209 g/mol. The van der Waals surface area contributed by atoms with Gasteiger partial charge in [-0.2, -0.15) is 0 Å². The van der Waals surface area contributed by atoms with E-state index in [1.807, 2.05) is 11.8 Å². The number of ketones is 1. The average Bonchev–Trinajstić information content (AvgIpc) is 2.15. The van der Waals surface area contributed by atoms with Crippen LogP contribution < -0.4 is 0 Å². The molecule has 0 radical (unpaired) electrons. The molecule has 0 bridgehead atoms. The van der Waals surface area contributed by atoms with Gasteiger partial charge in [-0.1, -0.05) is 13.3 Å². The molecule has 0 spiro atoms. The number of Topliss-reactive ketones (excluding diaryl/α,β-unsaturated/α-hetero) is 1. The second-order valence-corrected chi connectivity index (χ2v) is 4.73. The second kappa shape index (κ2) is 4.33. The molecular weight excluding hydrogens is 190 g/mol. The number of carbonyl (C=O) groups is 2. The number of likely N-dealkylation sites (tertiary alicyclic amines) is 1. The Kier molecular flexibility index (Phi) is 3.08. The Labute approximate surface area is 90.8 Å². The standard InChI is InChI=1S/C12H19NO2/c1-2-9-8-13(7-6-11(9)14)12(15)10-4-3-5-10/h9-10H,2-8H2,1H3. The highest BCUT2D eigenvalue weighted by molar-refractivity contribution is 5.86. The molecule has 1 saturated heterocycles. The smallest absolute Gasteiger partial charge is 0.225 e. The van der Waals surface area contributed by atoms with E-state index in [0.717, 1.165) is 19.3 Å². The molecule has 2 fully saturated rings. The van der Waals surface area contributed by atoms with Crippen molar-refractivity contribution in [2.75, 3.05) is 13.1 Å². The summed E-state index contributed by atoms with van der Waals surface area (Å²) in [5.74, 6) is 1.01. The summed E-state index contributed by atoms with van der Waals surface area (Å²) in [6, 6.07) is 0. The van der Waals surface area contributed by atoms with Gasteiger partial charge >= 0.3 is 0 Å². The molecule has 1 atom stereocenters. The summed E-state index contributed by atoms with van der Waals surface area (Å²) in [6.45, 7) is 3.36. The molecule has 1 heterocycles. The number of nitrogens with zero attached hydrogens (tertiary/aromatic N) is 1. The van der Waals surface area contributed by atoms with Crippen molar-refractivity contribution >= 4 is 11.7 Å². The molecule has 15 heavy (non-hydrogen) atoms. The van der Waals surface area contributed by atoms with E-state index >= 15 is 0 Å². The third kappa shape index (κ3) is 2.06. The third-order valence-corrected chi connectivity index (χ3v) is 3.78. The highest BCUT2D eigenvalue weighted by Gasteiger charge is 2.34. The van der Waals surface area contributed by atoms with Crippen molar-refractivity contribution < 1.29 is 9.59 Å². The third-order valence-electron chi connectivity index (χ3n) is 3.78. The van der Waals surface area contributed by atoms with Gasteiger partial charge in [0.25, 0.3) is 0 Å². The van der Waals surface area contributed by atoms with Gasteiger partial charge < -0.3 is 4.90 Å². The highest BCUT2D eigenvalue weighted by Crippen LogP contribution is 2.29. The normalized spacial score (nSPS) is 27.7. The number of hydrogen-bond donors (Lipinski definition) is 0. The van der Waals surface area contributed by atoms with Crippen LogP contribution in [0.2, 0.25) is 0 Å². The van der Waals surface area contributed by atoms with Crippen LogP contribution in [0, 0.1) is 11.8 Å². The summed E-state index contributed by atoms with van der Waals surface area (Å²) >= 11 is 0. The van der Waals surface area contributed by atoms with Gasteiger partial charge in [-0.15, -0.1) is 0 Å². The number of piperidine rings is 1. The second-order valence-electron chi connectivity index (χ2n) is 4.73. The summed E-state index contributed by atoms with van der Waals surface area (Å²) < 4.78 is 0. The Bertz CT molecular complexity index is 271. The van der Waals surface area contributed by atoms with Gasteiger partial charge in [0, 0.05) is 31.3 Å². The first-order chi connectivity index (χ1) is 7.22. The fraction of sp³-hybridized carbons (Fsp3) is 0.833. The van der Waals surface area contributed by atoms with E-state index < -0.39 is 0 Å². The van der Waals surface area contributed by atoms with Crippen LogP contribution in [-0.4, -0.2) is 29.7 Å². The molecular formula is C12H19NO2. The lowest BCUT2D eigenvalue weighted by Crippen LogP contribution is -2.47. The first-order valence-corrected chi connectivity index (χ1v) is 6.04. The first kappa shape index (κ1) is 10.7. The van der Waals surface area contributed by atoms with E-state index in [4.69, 9.17) is 0 Å². The maximum Gasteiger partial charge on any atom is 0.225 e. The fourth-order valence-corrected chi connectivity index (χ4v) is 2.38. The van der Waals surface area contributed by atoms with E-state index in [1.54, 1.807) is 0 Å². The topological polar surface area (TPSA) is 37.4 Å². The fourth-order valence-electron chi connectivity index (χ4n) is 2.38. The SMILES string of the molecule is CCC1CN(C(=O)C2CCC2)CCC1=O. The van der Waals surface area contributed by atoms with E-state index in [1.165, 1.54) is 6.42 Å². The quantitative estimate of drug-likeness (QED) is 0.693. The molecule has 2 aliphatic rings. The van der Waals surface area contributed by atoms with Crippen LogP contribution >= 0.6 is 0 Å². The van der Waals surface area contributed by atoms with Gasteiger partial charge in [0.15, 0.2) is 0 Å². The van der Waals surface area contributed by atoms with Crippen molar-refractivity contribution in [1.82, 2.24) is 4.90 Å². The van der Waals surface area contributed by atoms with Gasteiger partial charge in [-0.25, -0.2) is 0 Å². The molecule has 0 N–H and O–H groups in total. The zero-order chi connectivity index (χ0) is 10.8. The highest BCUT2D eigenvalue weighted by atomic mass is 16.2. The summed E-state index contributed by atoms with van der Waals surface area (Å²) in [7, 11) is 0. The average molecular weight is 209 g/mol. The lowest BCUT2D eigenvalue weighted by atomic mass is 9.83. The van der Waals surface area contributed by atoms with E-state index in [2.05, 4.69) is 0 Å². The summed E-state index contributed by atoms with van der Waals surface area (Å²) in [4.78, 5) is 25.4. The molecule has 1 aliphatic carbocycles. The van der Waals surface area contributed by atoms with E-state index in [0.29, 0.717) is 31.2 Å². The molecule has 0 aromatic heterocycles. The number of rotatable bonds is 2. The molecule has 1 aliphatic heterocycles. The van der Waals surface area contributed by atoms with Gasteiger partial charge in [0.1, 0.15) is 5.78 Å². The lowest BCUT2D eigenvalue weighted by Gasteiger charge is -2.36. The molecule has 84 valence electrons. The molecule has 3 nitrogen and oxygen atoms in total. The Hall–Kier alpha value is -0.860. The summed E-state index contributed by atoms with van der Waals surface area (Å²) in [5.41, 5.74) is 0. The van der Waals surface area contributed by atoms with Crippen molar-refractivity contribution in [1.29, 1.82) is 0 Å². The summed E-state index contributed by atoms with van der Waals surface area (Å²) in [5, 5.41) is 0. The van der Waals surface area contributed by atoms with Crippen LogP contribution in [0.3, 0.4) is 0 Å². The minimum absolute atomic E-state index is 0.0998. The summed E-state index contributed by atoms with van der Waals surface area (Å²) in [6.07, 6.45) is 4.74. The van der Waals surface area contributed by atoms with Gasteiger partial charge in [-0.05, 0) is 19.3 Å². The van der Waals surface area contributed by atoms with Crippen molar-refractivity contribution in [3.8, 4) is 0 Å². The van der Waals surface area contributed by atoms with Crippen LogP contribution in [-0.2, 0) is 9.59 Å². The number of hydrogen-bond acceptors (Lipinski definition) is 2. The Balaban J connectivity index is 1.92. The zero-order valence-corrected chi connectivity index (χ0v) is 9.37. The molecule has 0 aromatic carbocycles. The van der Waals surface area contributed by atoms with Crippen LogP contribution in [0.15, 0.2) is 0 Å².